The number of carbonyl (C=O) groups is 1. The monoisotopic (exact) mass is 365 g/mol. The molecule has 0 bridgehead atoms. The molecule has 1 aliphatic carbocycles. The summed E-state index contributed by atoms with van der Waals surface area (Å²) in [7, 11) is 1.57. The first-order valence-electron chi connectivity index (χ1n) is 9.11. The van der Waals surface area contributed by atoms with Crippen molar-refractivity contribution in [1.82, 2.24) is 15.3 Å². The molecule has 140 valence electrons. The van der Waals surface area contributed by atoms with Crippen LogP contribution in [0.15, 0.2) is 42.6 Å². The average Bonchev–Trinajstić information content (AvgIpc) is 3.07. The summed E-state index contributed by atoms with van der Waals surface area (Å²) in [5.41, 5.74) is 3.53. The predicted molar refractivity (Wildman–Crippen MR) is 103 cm³/mol. The van der Waals surface area contributed by atoms with Gasteiger partial charge in [-0.1, -0.05) is 17.7 Å². The van der Waals surface area contributed by atoms with E-state index in [1.54, 1.807) is 19.4 Å². The quantitative estimate of drug-likeness (QED) is 0.648. The van der Waals surface area contributed by atoms with E-state index in [2.05, 4.69) is 21.4 Å². The van der Waals surface area contributed by atoms with Crippen LogP contribution < -0.4 is 10.1 Å². The molecule has 1 fully saturated rings. The molecule has 0 aliphatic heterocycles. The van der Waals surface area contributed by atoms with Crippen LogP contribution in [0.2, 0.25) is 0 Å². The Hall–Kier alpha value is -2.86. The Bertz CT molecular complexity index is 958. The molecule has 4 rings (SSSR count). The number of rotatable bonds is 5. The summed E-state index contributed by atoms with van der Waals surface area (Å²) in [6.07, 6.45) is 2.77. The lowest BCUT2D eigenvalue weighted by atomic mass is 9.75. The minimum atomic E-state index is -0.295. The molecule has 3 aromatic rings. The van der Waals surface area contributed by atoms with Gasteiger partial charge < -0.3 is 20.1 Å². The molecule has 3 N–H and O–H groups in total. The third kappa shape index (κ3) is 3.53. The smallest absolute Gasteiger partial charge is 0.268 e. The van der Waals surface area contributed by atoms with Crippen LogP contribution in [0.1, 0.15) is 40.5 Å². The number of hydrogen-bond donors (Lipinski definition) is 3. The van der Waals surface area contributed by atoms with E-state index in [1.165, 1.54) is 0 Å². The molecule has 2 aromatic heterocycles. The lowest BCUT2D eigenvalue weighted by Gasteiger charge is -2.38. The number of ether oxygens (including phenoxy) is 1. The second-order valence-electron chi connectivity index (χ2n) is 7.24. The van der Waals surface area contributed by atoms with E-state index in [0.717, 1.165) is 22.0 Å². The van der Waals surface area contributed by atoms with Gasteiger partial charge in [-0.15, -0.1) is 0 Å². The van der Waals surface area contributed by atoms with E-state index in [9.17, 15) is 9.90 Å². The van der Waals surface area contributed by atoms with Crippen molar-refractivity contribution in [3.8, 4) is 5.88 Å². The van der Waals surface area contributed by atoms with Gasteiger partial charge in [0.2, 0.25) is 5.88 Å². The van der Waals surface area contributed by atoms with Gasteiger partial charge in [-0.05, 0) is 49.4 Å². The first-order valence-corrected chi connectivity index (χ1v) is 9.11. The maximum absolute atomic E-state index is 12.9. The fourth-order valence-corrected chi connectivity index (χ4v) is 3.67. The van der Waals surface area contributed by atoms with Crippen LogP contribution in [0, 0.1) is 12.8 Å². The number of carbonyl (C=O) groups excluding carboxylic acids is 1. The number of nitrogens with zero attached hydrogens (tertiary/aromatic N) is 1. The minimum absolute atomic E-state index is 0.161. The molecular formula is C21H23N3O3. The molecule has 6 heteroatoms. The van der Waals surface area contributed by atoms with Gasteiger partial charge >= 0.3 is 0 Å². The van der Waals surface area contributed by atoms with Crippen molar-refractivity contribution < 1.29 is 14.6 Å². The summed E-state index contributed by atoms with van der Waals surface area (Å²) < 4.78 is 5.12. The van der Waals surface area contributed by atoms with Crippen LogP contribution in [0.25, 0.3) is 10.9 Å². The molecule has 1 aromatic carbocycles. The Labute approximate surface area is 157 Å². The van der Waals surface area contributed by atoms with Gasteiger partial charge in [-0.25, -0.2) is 4.98 Å². The number of hydrogen-bond acceptors (Lipinski definition) is 4. The fourth-order valence-electron chi connectivity index (χ4n) is 3.67. The number of aromatic nitrogens is 2. The molecule has 27 heavy (non-hydrogen) atoms. The van der Waals surface area contributed by atoms with Gasteiger partial charge in [0.05, 0.1) is 19.3 Å². The number of pyridine rings is 1. The summed E-state index contributed by atoms with van der Waals surface area (Å²) in [6.45, 7) is 2.03. The SMILES string of the molecule is COc1ccc(C(NC(=O)c2cc3cc(C)ccc3[nH]2)C2CC(O)C2)cn1. The molecule has 2 heterocycles. The third-order valence-electron chi connectivity index (χ3n) is 5.26. The molecule has 6 nitrogen and oxygen atoms in total. The third-order valence-corrected chi connectivity index (χ3v) is 5.26. The van der Waals surface area contributed by atoms with Crippen molar-refractivity contribution in [2.24, 2.45) is 5.92 Å². The first-order chi connectivity index (χ1) is 13.0. The number of aliphatic hydroxyl groups is 1. The second-order valence-corrected chi connectivity index (χ2v) is 7.24. The maximum atomic E-state index is 12.9. The molecule has 0 radical (unpaired) electrons. The predicted octanol–water partition coefficient (Wildman–Crippen LogP) is 3.12. The number of benzene rings is 1. The zero-order valence-electron chi connectivity index (χ0n) is 15.4. The number of aliphatic hydroxyl groups excluding tert-OH is 1. The van der Waals surface area contributed by atoms with Crippen molar-refractivity contribution in [2.45, 2.75) is 31.9 Å². The van der Waals surface area contributed by atoms with Crippen LogP contribution in [-0.4, -0.2) is 34.2 Å². The highest BCUT2D eigenvalue weighted by atomic mass is 16.5. The van der Waals surface area contributed by atoms with E-state index < -0.39 is 0 Å². The maximum Gasteiger partial charge on any atom is 0.268 e. The number of H-pyrrole nitrogens is 1. The molecular weight excluding hydrogens is 342 g/mol. The van der Waals surface area contributed by atoms with Crippen LogP contribution >= 0.6 is 0 Å². The Balaban J connectivity index is 1.58. The van der Waals surface area contributed by atoms with E-state index >= 15 is 0 Å². The summed E-state index contributed by atoms with van der Waals surface area (Å²) >= 11 is 0. The molecule has 0 spiro atoms. The van der Waals surface area contributed by atoms with E-state index in [4.69, 9.17) is 4.74 Å². The van der Waals surface area contributed by atoms with Crippen molar-refractivity contribution in [1.29, 1.82) is 0 Å². The van der Waals surface area contributed by atoms with Gasteiger partial charge in [0.25, 0.3) is 5.91 Å². The molecule has 1 aliphatic rings. The van der Waals surface area contributed by atoms with Gasteiger partial charge in [0.15, 0.2) is 0 Å². The standard InChI is InChI=1S/C21H23N3O3/c1-12-3-5-17-14(7-12)10-18(23-17)21(26)24-20(15-8-16(25)9-15)13-4-6-19(27-2)22-11-13/h3-7,10-11,15-16,20,23,25H,8-9H2,1-2H3,(H,24,26). The molecule has 1 saturated carbocycles. The normalized spacial score (nSPS) is 20.1. The number of nitrogens with one attached hydrogen (secondary N) is 2. The van der Waals surface area contributed by atoms with Crippen LogP contribution in [0.4, 0.5) is 0 Å². The van der Waals surface area contributed by atoms with Crippen LogP contribution in [0.5, 0.6) is 5.88 Å². The van der Waals surface area contributed by atoms with Crippen molar-refractivity contribution >= 4 is 16.8 Å². The van der Waals surface area contributed by atoms with E-state index in [-0.39, 0.29) is 24.0 Å². The molecule has 1 atom stereocenters. The van der Waals surface area contributed by atoms with Crippen LogP contribution in [0.3, 0.4) is 0 Å². The zero-order chi connectivity index (χ0) is 19.0. The Morgan fingerprint density at radius 1 is 1.30 bits per heavy atom. The first kappa shape index (κ1) is 17.5. The fraction of sp³-hybridized carbons (Fsp3) is 0.333. The highest BCUT2D eigenvalue weighted by Gasteiger charge is 2.36. The van der Waals surface area contributed by atoms with Crippen LogP contribution in [-0.2, 0) is 0 Å². The second kappa shape index (κ2) is 7.04. The average molecular weight is 365 g/mol. The zero-order valence-corrected chi connectivity index (χ0v) is 15.4. The van der Waals surface area contributed by atoms with E-state index in [0.29, 0.717) is 24.4 Å². The van der Waals surface area contributed by atoms with Gasteiger partial charge in [-0.2, -0.15) is 0 Å². The Morgan fingerprint density at radius 3 is 2.78 bits per heavy atom. The topological polar surface area (TPSA) is 87.2 Å². The largest absolute Gasteiger partial charge is 0.481 e. The van der Waals surface area contributed by atoms with Gasteiger partial charge in [-0.3, -0.25) is 4.79 Å². The van der Waals surface area contributed by atoms with E-state index in [1.807, 2.05) is 31.2 Å². The number of fused-ring (bicyclic) bond motifs is 1. The number of amides is 1. The minimum Gasteiger partial charge on any atom is -0.481 e. The Kier molecular flexibility index (Phi) is 4.58. The summed E-state index contributed by atoms with van der Waals surface area (Å²) in [4.78, 5) is 20.3. The number of methoxy groups -OCH3 is 1. The van der Waals surface area contributed by atoms with Crippen molar-refractivity contribution in [3.05, 3.63) is 59.4 Å². The molecule has 1 unspecified atom stereocenters. The highest BCUT2D eigenvalue weighted by Crippen LogP contribution is 2.38. The summed E-state index contributed by atoms with van der Waals surface area (Å²) in [5, 5.41) is 13.9. The number of aromatic amines is 1. The lowest BCUT2D eigenvalue weighted by molar-refractivity contribution is 0.0234. The van der Waals surface area contributed by atoms with Gasteiger partial charge in [0, 0.05) is 23.2 Å². The molecule has 0 saturated heterocycles. The highest BCUT2D eigenvalue weighted by molar-refractivity contribution is 5.98. The lowest BCUT2D eigenvalue weighted by Crippen LogP contribution is -2.41. The van der Waals surface area contributed by atoms with Crippen molar-refractivity contribution in [3.63, 3.8) is 0 Å². The summed E-state index contributed by atoms with van der Waals surface area (Å²) in [6, 6.07) is 11.4. The molecule has 1 amide bonds. The number of aryl methyl sites for hydroxylation is 1. The van der Waals surface area contributed by atoms with Gasteiger partial charge in [0.1, 0.15) is 5.69 Å². The Morgan fingerprint density at radius 2 is 2.11 bits per heavy atom. The summed E-state index contributed by atoms with van der Waals surface area (Å²) in [5.74, 6) is 0.556. The van der Waals surface area contributed by atoms with Crippen molar-refractivity contribution in [2.75, 3.05) is 7.11 Å².